The number of carboxylic acid groups (broad SMARTS) is 1. The van der Waals surface area contributed by atoms with Gasteiger partial charge < -0.3 is 15.7 Å². The minimum Gasteiger partial charge on any atom is -0.480 e. The Hall–Kier alpha value is -1.63. The molecule has 5 nitrogen and oxygen atoms in total. The Labute approximate surface area is 124 Å². The summed E-state index contributed by atoms with van der Waals surface area (Å²) in [5.41, 5.74) is 0.958. The van der Waals surface area contributed by atoms with Crippen molar-refractivity contribution < 1.29 is 19.1 Å². The van der Waals surface area contributed by atoms with E-state index in [4.69, 9.17) is 5.11 Å². The summed E-state index contributed by atoms with van der Waals surface area (Å²) in [6, 6.07) is 1.08. The van der Waals surface area contributed by atoms with Crippen LogP contribution in [0.25, 0.3) is 0 Å². The van der Waals surface area contributed by atoms with Gasteiger partial charge in [-0.25, -0.2) is 14.0 Å². The van der Waals surface area contributed by atoms with Crippen LogP contribution in [0.1, 0.15) is 25.3 Å². The van der Waals surface area contributed by atoms with Crippen molar-refractivity contribution in [2.45, 2.75) is 32.7 Å². The van der Waals surface area contributed by atoms with Crippen molar-refractivity contribution in [1.29, 1.82) is 0 Å². The molecule has 0 unspecified atom stereocenters. The van der Waals surface area contributed by atoms with E-state index in [1.54, 1.807) is 6.92 Å². The van der Waals surface area contributed by atoms with Crippen molar-refractivity contribution in [3.05, 3.63) is 28.0 Å². The third-order valence-electron chi connectivity index (χ3n) is 2.70. The van der Waals surface area contributed by atoms with Crippen LogP contribution in [-0.4, -0.2) is 23.1 Å². The van der Waals surface area contributed by atoms with E-state index in [9.17, 15) is 14.0 Å². The predicted octanol–water partition coefficient (Wildman–Crippen LogP) is 3.27. The molecule has 0 aliphatic carbocycles. The van der Waals surface area contributed by atoms with Crippen LogP contribution in [-0.2, 0) is 4.79 Å². The maximum absolute atomic E-state index is 13.4. The molecule has 0 spiro atoms. The molecule has 0 aliphatic heterocycles. The number of aliphatic carboxylic acids is 1. The number of carbonyl (C=O) groups excluding carboxylic acids is 1. The molecule has 1 atom stereocenters. The quantitative estimate of drug-likeness (QED) is 0.765. The zero-order valence-electron chi connectivity index (χ0n) is 11.2. The molecule has 110 valence electrons. The second kappa shape index (κ2) is 7.23. The van der Waals surface area contributed by atoms with Crippen LogP contribution in [0, 0.1) is 12.7 Å². The largest absolute Gasteiger partial charge is 0.480 e. The molecule has 0 heterocycles. The Kier molecular flexibility index (Phi) is 5.94. The molecule has 0 radical (unpaired) electrons. The third kappa shape index (κ3) is 4.48. The van der Waals surface area contributed by atoms with Crippen molar-refractivity contribution >= 4 is 33.6 Å². The van der Waals surface area contributed by atoms with Crippen LogP contribution < -0.4 is 10.6 Å². The fourth-order valence-corrected chi connectivity index (χ4v) is 2.10. The lowest BCUT2D eigenvalue weighted by atomic mass is 10.1. The molecule has 1 aromatic rings. The minimum atomic E-state index is -1.10. The van der Waals surface area contributed by atoms with Gasteiger partial charge in [0.25, 0.3) is 0 Å². The second-order valence-electron chi connectivity index (χ2n) is 4.36. The van der Waals surface area contributed by atoms with Gasteiger partial charge in [0.05, 0.1) is 4.47 Å². The standard InChI is InChI=1S/C13H16BrFN2O3/c1-3-4-10(12(18)19)16-13(20)17-11-6-9(15)8(14)5-7(11)2/h5-6,10H,3-4H2,1-2H3,(H,18,19)(H2,16,17,20)/t10-/m1/s1. The van der Waals surface area contributed by atoms with Gasteiger partial charge in [0.2, 0.25) is 0 Å². The van der Waals surface area contributed by atoms with Gasteiger partial charge in [0.1, 0.15) is 11.9 Å². The lowest BCUT2D eigenvalue weighted by Crippen LogP contribution is -2.43. The first-order valence-electron chi connectivity index (χ1n) is 6.11. The van der Waals surface area contributed by atoms with Gasteiger partial charge >= 0.3 is 12.0 Å². The highest BCUT2D eigenvalue weighted by atomic mass is 79.9. The van der Waals surface area contributed by atoms with E-state index in [1.165, 1.54) is 12.1 Å². The van der Waals surface area contributed by atoms with E-state index in [2.05, 4.69) is 26.6 Å². The molecule has 20 heavy (non-hydrogen) atoms. The van der Waals surface area contributed by atoms with Crippen molar-refractivity contribution in [3.8, 4) is 0 Å². The Balaban J connectivity index is 2.75. The second-order valence-corrected chi connectivity index (χ2v) is 5.21. The molecule has 3 N–H and O–H groups in total. The average Bonchev–Trinajstić information content (AvgIpc) is 2.35. The first kappa shape index (κ1) is 16.4. The summed E-state index contributed by atoms with van der Waals surface area (Å²) in [5.74, 6) is -1.60. The molecular weight excluding hydrogens is 331 g/mol. The number of benzene rings is 1. The molecule has 1 rings (SSSR count). The maximum Gasteiger partial charge on any atom is 0.326 e. The molecule has 2 amide bonds. The smallest absolute Gasteiger partial charge is 0.326 e. The summed E-state index contributed by atoms with van der Waals surface area (Å²) in [6.07, 6.45) is 0.958. The number of rotatable bonds is 5. The molecule has 0 saturated heterocycles. The number of urea groups is 1. The molecule has 0 aliphatic rings. The highest BCUT2D eigenvalue weighted by Gasteiger charge is 2.19. The monoisotopic (exact) mass is 346 g/mol. The zero-order chi connectivity index (χ0) is 15.3. The number of hydrogen-bond acceptors (Lipinski definition) is 2. The highest BCUT2D eigenvalue weighted by molar-refractivity contribution is 9.10. The van der Waals surface area contributed by atoms with Crippen LogP contribution in [0.2, 0.25) is 0 Å². The first-order valence-corrected chi connectivity index (χ1v) is 6.90. The van der Waals surface area contributed by atoms with E-state index in [1.807, 2.05) is 6.92 Å². The number of anilines is 1. The van der Waals surface area contributed by atoms with Crippen LogP contribution in [0.5, 0.6) is 0 Å². The van der Waals surface area contributed by atoms with E-state index >= 15 is 0 Å². The summed E-state index contributed by atoms with van der Waals surface area (Å²) in [7, 11) is 0. The summed E-state index contributed by atoms with van der Waals surface area (Å²) in [6.45, 7) is 3.53. The van der Waals surface area contributed by atoms with E-state index in [0.717, 1.165) is 0 Å². The van der Waals surface area contributed by atoms with Gasteiger partial charge in [-0.15, -0.1) is 0 Å². The maximum atomic E-state index is 13.4. The number of halogens is 2. The highest BCUT2D eigenvalue weighted by Crippen LogP contribution is 2.23. The average molecular weight is 347 g/mol. The lowest BCUT2D eigenvalue weighted by molar-refractivity contribution is -0.139. The molecule has 0 aromatic heterocycles. The Morgan fingerprint density at radius 3 is 2.65 bits per heavy atom. The molecule has 0 saturated carbocycles. The fourth-order valence-electron chi connectivity index (χ4n) is 1.64. The van der Waals surface area contributed by atoms with E-state index < -0.39 is 23.9 Å². The van der Waals surface area contributed by atoms with Gasteiger partial charge in [-0.3, -0.25) is 0 Å². The molecule has 0 bridgehead atoms. The van der Waals surface area contributed by atoms with E-state index in [0.29, 0.717) is 28.6 Å². The normalized spacial score (nSPS) is 11.8. The van der Waals surface area contributed by atoms with Crippen molar-refractivity contribution in [1.82, 2.24) is 5.32 Å². The fraction of sp³-hybridized carbons (Fsp3) is 0.385. The number of carbonyl (C=O) groups is 2. The van der Waals surface area contributed by atoms with Crippen molar-refractivity contribution in [3.63, 3.8) is 0 Å². The van der Waals surface area contributed by atoms with Crippen LogP contribution in [0.15, 0.2) is 16.6 Å². The molecule has 1 aromatic carbocycles. The SMILES string of the molecule is CCC[C@@H](NC(=O)Nc1cc(F)c(Br)cc1C)C(=O)O. The molecule has 0 fully saturated rings. The van der Waals surface area contributed by atoms with E-state index in [-0.39, 0.29) is 0 Å². The van der Waals surface area contributed by atoms with Gasteiger partial charge in [0.15, 0.2) is 0 Å². The van der Waals surface area contributed by atoms with Crippen molar-refractivity contribution in [2.75, 3.05) is 5.32 Å². The van der Waals surface area contributed by atoms with Crippen LogP contribution >= 0.6 is 15.9 Å². The summed E-state index contributed by atoms with van der Waals surface area (Å²) < 4.78 is 13.7. The summed E-state index contributed by atoms with van der Waals surface area (Å²) >= 11 is 3.05. The number of amides is 2. The lowest BCUT2D eigenvalue weighted by Gasteiger charge is -2.15. The Bertz CT molecular complexity index is 523. The molecular formula is C13H16BrFN2O3. The van der Waals surface area contributed by atoms with Crippen molar-refractivity contribution in [2.24, 2.45) is 0 Å². The van der Waals surface area contributed by atoms with Gasteiger partial charge in [-0.1, -0.05) is 13.3 Å². The topological polar surface area (TPSA) is 78.4 Å². The van der Waals surface area contributed by atoms with Crippen LogP contribution in [0.4, 0.5) is 14.9 Å². The third-order valence-corrected chi connectivity index (χ3v) is 3.30. The minimum absolute atomic E-state index is 0.295. The number of hydrogen-bond donors (Lipinski definition) is 3. The Morgan fingerprint density at radius 2 is 2.10 bits per heavy atom. The van der Waals surface area contributed by atoms with Gasteiger partial charge in [0, 0.05) is 5.69 Å². The first-order chi connectivity index (χ1) is 9.35. The molecule has 7 heteroatoms. The summed E-state index contributed by atoms with van der Waals surface area (Å²) in [5, 5.41) is 13.7. The zero-order valence-corrected chi connectivity index (χ0v) is 12.8. The predicted molar refractivity (Wildman–Crippen MR) is 77.3 cm³/mol. The Morgan fingerprint density at radius 1 is 1.45 bits per heavy atom. The number of nitrogens with one attached hydrogen (secondary N) is 2. The van der Waals surface area contributed by atoms with Gasteiger partial charge in [-0.05, 0) is 47.0 Å². The number of aryl methyl sites for hydroxylation is 1. The summed E-state index contributed by atoms with van der Waals surface area (Å²) in [4.78, 5) is 22.7. The number of carboxylic acids is 1. The van der Waals surface area contributed by atoms with Crippen LogP contribution in [0.3, 0.4) is 0 Å². The van der Waals surface area contributed by atoms with Gasteiger partial charge in [-0.2, -0.15) is 0 Å².